The van der Waals surface area contributed by atoms with Crippen LogP contribution in [-0.2, 0) is 4.79 Å². The Balaban J connectivity index is 1.73. The molecule has 0 saturated carbocycles. The summed E-state index contributed by atoms with van der Waals surface area (Å²) < 4.78 is 0. The molecular weight excluding hydrogens is 475 g/mol. The molecule has 1 amide bonds. The minimum atomic E-state index is -0.446. The Morgan fingerprint density at radius 2 is 1.94 bits per heavy atom. The van der Waals surface area contributed by atoms with Crippen molar-refractivity contribution in [2.24, 2.45) is 0 Å². The number of carbonyl (C=O) groups is 1. The van der Waals surface area contributed by atoms with Crippen LogP contribution in [0.1, 0.15) is 12.5 Å². The van der Waals surface area contributed by atoms with Crippen LogP contribution in [-0.4, -0.2) is 61.5 Å². The summed E-state index contributed by atoms with van der Waals surface area (Å²) in [6.45, 7) is 5.65. The molecule has 1 aliphatic heterocycles. The molecule has 8 nitrogen and oxygen atoms in total. The lowest BCUT2D eigenvalue weighted by Crippen LogP contribution is -2.75. The number of quaternary nitrogens is 1. The summed E-state index contributed by atoms with van der Waals surface area (Å²) in [4.78, 5) is 17.2. The quantitative estimate of drug-likeness (QED) is 0.251. The van der Waals surface area contributed by atoms with Gasteiger partial charge in [-0.25, -0.2) is 0 Å². The molecule has 2 aromatic rings. The highest BCUT2D eigenvalue weighted by atomic mass is 35.5. The second kappa shape index (κ2) is 12.0. The summed E-state index contributed by atoms with van der Waals surface area (Å²) in [6.07, 6.45) is 1.00. The molecule has 0 bridgehead atoms. The van der Waals surface area contributed by atoms with Gasteiger partial charge in [-0.1, -0.05) is 23.2 Å². The van der Waals surface area contributed by atoms with Gasteiger partial charge >= 0.3 is 0 Å². The highest BCUT2D eigenvalue weighted by Gasteiger charge is 2.20. The van der Waals surface area contributed by atoms with Crippen molar-refractivity contribution >= 4 is 52.4 Å². The van der Waals surface area contributed by atoms with Gasteiger partial charge in [0.2, 0.25) is 0 Å². The van der Waals surface area contributed by atoms with E-state index in [9.17, 15) is 10.1 Å². The molecule has 178 valence electrons. The Morgan fingerprint density at radius 3 is 2.56 bits per heavy atom. The lowest BCUT2D eigenvalue weighted by molar-refractivity contribution is -0.517. The summed E-state index contributed by atoms with van der Waals surface area (Å²) in [5, 5.41) is 31.9. The fourth-order valence-corrected chi connectivity index (χ4v) is 4.13. The first-order valence-electron chi connectivity index (χ1n) is 10.8. The summed E-state index contributed by atoms with van der Waals surface area (Å²) in [6, 6.07) is 12.6. The number of benzene rings is 2. The van der Waals surface area contributed by atoms with Crippen LogP contribution < -0.4 is 15.5 Å². The number of halogens is 2. The number of hydrogen-bond acceptors (Lipinski definition) is 6. The molecule has 2 aromatic carbocycles. The number of anilines is 2. The van der Waals surface area contributed by atoms with E-state index in [0.717, 1.165) is 43.8 Å². The van der Waals surface area contributed by atoms with Crippen LogP contribution in [0.25, 0.3) is 0 Å². The third-order valence-electron chi connectivity index (χ3n) is 5.64. The van der Waals surface area contributed by atoms with Crippen molar-refractivity contribution in [3.63, 3.8) is 0 Å². The number of allylic oxidation sites excluding steroid dienone is 1. The lowest BCUT2D eigenvalue weighted by atomic mass is 10.1. The topological polar surface area (TPSA) is 120 Å². The third kappa shape index (κ3) is 6.35. The standard InChI is InChI=1S/C24H26Cl2N6O2/c1-16(29-19-2-4-21(25)22(26)13-19)20(15-28)24(34)30-18-3-5-23(17(12-18)14-27)32-8-6-31(7-9-32)10-11-33/h2-5,12-13,15,28-29,33H,6-11H2,1H3,(H,30,34)/p+1/b20-16+,28-15?. The molecule has 1 heterocycles. The maximum atomic E-state index is 12.9. The predicted octanol–water partition coefficient (Wildman–Crippen LogP) is 2.74. The second-order valence-corrected chi connectivity index (χ2v) is 8.72. The van der Waals surface area contributed by atoms with Gasteiger partial charge in [-0.2, -0.15) is 5.26 Å². The van der Waals surface area contributed by atoms with Crippen LogP contribution in [0.15, 0.2) is 47.7 Å². The van der Waals surface area contributed by atoms with Gasteiger partial charge in [0.05, 0.1) is 27.9 Å². The molecule has 34 heavy (non-hydrogen) atoms. The molecule has 0 unspecified atom stereocenters. The molecule has 0 aromatic heterocycles. The van der Waals surface area contributed by atoms with Gasteiger partial charge < -0.3 is 20.7 Å². The van der Waals surface area contributed by atoms with Crippen molar-refractivity contribution in [3.05, 3.63) is 63.3 Å². The summed E-state index contributed by atoms with van der Waals surface area (Å²) in [7, 11) is 0. The first kappa shape index (κ1) is 25.7. The smallest absolute Gasteiger partial charge is 0.262 e. The van der Waals surface area contributed by atoms with E-state index in [1.54, 1.807) is 42.6 Å². The average molecular weight is 502 g/mol. The van der Waals surface area contributed by atoms with Gasteiger partial charge in [-0.15, -0.1) is 0 Å². The summed E-state index contributed by atoms with van der Waals surface area (Å²) in [5.41, 5.74) is 3.29. The van der Waals surface area contributed by atoms with Crippen molar-refractivity contribution in [2.75, 3.05) is 49.5 Å². The number of β-amino-alcohol motifs (C(OH)–C–C–N with tert-alkyl or cyclic N) is 1. The van der Waals surface area contributed by atoms with E-state index in [1.165, 1.54) is 0 Å². The largest absolute Gasteiger partial charge is 0.395 e. The molecular formula is C24H27Cl2N6O2+. The van der Waals surface area contributed by atoms with E-state index in [4.69, 9.17) is 33.7 Å². The molecule has 5 N–H and O–H groups in total. The van der Waals surface area contributed by atoms with Gasteiger partial charge in [-0.3, -0.25) is 15.0 Å². The van der Waals surface area contributed by atoms with Crippen molar-refractivity contribution in [3.8, 4) is 6.07 Å². The van der Waals surface area contributed by atoms with E-state index in [0.29, 0.717) is 33.5 Å². The van der Waals surface area contributed by atoms with E-state index < -0.39 is 5.91 Å². The van der Waals surface area contributed by atoms with E-state index in [1.807, 2.05) is 6.07 Å². The number of aliphatic hydroxyl groups is 1. The molecule has 0 radical (unpaired) electrons. The zero-order valence-electron chi connectivity index (χ0n) is 18.8. The number of carbonyl (C=O) groups excluding carboxylic acids is 1. The average Bonchev–Trinajstić information content (AvgIpc) is 2.82. The monoisotopic (exact) mass is 501 g/mol. The van der Waals surface area contributed by atoms with Gasteiger partial charge in [0.25, 0.3) is 5.91 Å². The van der Waals surface area contributed by atoms with E-state index in [-0.39, 0.29) is 12.2 Å². The van der Waals surface area contributed by atoms with Crippen LogP contribution in [0.3, 0.4) is 0 Å². The summed E-state index contributed by atoms with van der Waals surface area (Å²) in [5.74, 6) is -0.446. The minimum Gasteiger partial charge on any atom is -0.395 e. The summed E-state index contributed by atoms with van der Waals surface area (Å²) >= 11 is 12.0. The Bertz CT molecular complexity index is 1140. The van der Waals surface area contributed by atoms with Crippen molar-refractivity contribution in [1.82, 2.24) is 4.90 Å². The molecule has 0 spiro atoms. The van der Waals surface area contributed by atoms with Crippen LogP contribution in [0.2, 0.25) is 10.0 Å². The fraction of sp³-hybridized carbons (Fsp3) is 0.292. The number of nitriles is 1. The van der Waals surface area contributed by atoms with Crippen LogP contribution in [0.5, 0.6) is 0 Å². The number of aliphatic hydroxyl groups excluding tert-OH is 1. The molecule has 1 aliphatic rings. The Kier molecular flexibility index (Phi) is 9.05. The normalized spacial score (nSPS) is 14.9. The lowest BCUT2D eigenvalue weighted by Gasteiger charge is -2.36. The number of hydrogen-bond donors (Lipinski definition) is 4. The van der Waals surface area contributed by atoms with Crippen LogP contribution >= 0.6 is 23.2 Å². The van der Waals surface area contributed by atoms with Crippen LogP contribution in [0.4, 0.5) is 17.1 Å². The minimum absolute atomic E-state index is 0.134. The number of nitrogens with two attached hydrogens (primary N) is 1. The maximum Gasteiger partial charge on any atom is 0.262 e. The third-order valence-corrected chi connectivity index (χ3v) is 6.38. The molecule has 0 atom stereocenters. The predicted molar refractivity (Wildman–Crippen MR) is 135 cm³/mol. The number of nitrogens with one attached hydrogen (secondary N) is 2. The number of amides is 1. The fourth-order valence-electron chi connectivity index (χ4n) is 3.82. The second-order valence-electron chi connectivity index (χ2n) is 7.91. The van der Waals surface area contributed by atoms with Crippen LogP contribution in [0, 0.1) is 16.7 Å². The van der Waals surface area contributed by atoms with Crippen molar-refractivity contribution in [2.45, 2.75) is 6.92 Å². The Labute approximate surface area is 208 Å². The molecule has 1 saturated heterocycles. The first-order chi connectivity index (χ1) is 16.4. The number of rotatable bonds is 8. The van der Waals surface area contributed by atoms with Gasteiger partial charge in [0, 0.05) is 63.7 Å². The van der Waals surface area contributed by atoms with Crippen molar-refractivity contribution in [1.29, 1.82) is 10.7 Å². The van der Waals surface area contributed by atoms with Gasteiger partial charge in [0.15, 0.2) is 0 Å². The van der Waals surface area contributed by atoms with E-state index >= 15 is 0 Å². The Morgan fingerprint density at radius 1 is 1.21 bits per heavy atom. The molecule has 0 aliphatic carbocycles. The number of nitrogens with zero attached hydrogens (tertiary/aromatic N) is 3. The van der Waals surface area contributed by atoms with Crippen molar-refractivity contribution < 1.29 is 15.2 Å². The number of piperazine rings is 1. The van der Waals surface area contributed by atoms with Gasteiger partial charge in [0.1, 0.15) is 23.0 Å². The highest BCUT2D eigenvalue weighted by molar-refractivity contribution is 6.42. The van der Waals surface area contributed by atoms with Gasteiger partial charge in [-0.05, 0) is 24.3 Å². The molecule has 3 rings (SSSR count). The SMILES string of the molecule is C/C([NH2+]c1ccc(Cl)c(Cl)c1)=C(/C=N)C(=O)Nc1ccc(N2CCN(CCO)CC2)c(C#N)c1. The zero-order valence-corrected chi connectivity index (χ0v) is 20.3. The zero-order chi connectivity index (χ0) is 24.7. The highest BCUT2D eigenvalue weighted by Crippen LogP contribution is 2.26. The first-order valence-corrected chi connectivity index (χ1v) is 11.6. The molecule has 10 heteroatoms. The maximum absolute atomic E-state index is 12.9. The Hall–Kier alpha value is -2.93. The molecule has 1 fully saturated rings. The van der Waals surface area contributed by atoms with E-state index in [2.05, 4.69) is 21.2 Å².